The van der Waals surface area contributed by atoms with Gasteiger partial charge in [0.05, 0.1) is 5.69 Å². The maximum absolute atomic E-state index is 2.59. The summed E-state index contributed by atoms with van der Waals surface area (Å²) in [5, 5.41) is 0. The molecule has 0 aromatic heterocycles. The molecular formula is C57H51N3. The van der Waals surface area contributed by atoms with Gasteiger partial charge < -0.3 is 14.7 Å². The number of hydrogen-bond acceptors (Lipinski definition) is 3. The molecule has 8 aromatic carbocycles. The molecule has 0 saturated heterocycles. The fourth-order valence-electron chi connectivity index (χ4n) is 9.84. The van der Waals surface area contributed by atoms with Crippen molar-refractivity contribution in [3.8, 4) is 33.4 Å². The van der Waals surface area contributed by atoms with Crippen molar-refractivity contribution in [1.82, 2.24) is 0 Å². The molecule has 0 N–H and O–H groups in total. The molecule has 1 aliphatic heterocycles. The van der Waals surface area contributed by atoms with Crippen LogP contribution in [0.2, 0.25) is 0 Å². The quantitative estimate of drug-likeness (QED) is 0.152. The molecule has 294 valence electrons. The predicted octanol–water partition coefficient (Wildman–Crippen LogP) is 15.4. The first-order chi connectivity index (χ1) is 29.2. The smallest absolute Gasteiger partial charge is 0.0546 e. The van der Waals surface area contributed by atoms with E-state index in [1.165, 1.54) is 61.4 Å². The van der Waals surface area contributed by atoms with Crippen molar-refractivity contribution in [2.75, 3.05) is 21.2 Å². The minimum Gasteiger partial charge on any atom is -0.366 e. The van der Waals surface area contributed by atoms with Gasteiger partial charge >= 0.3 is 0 Å². The highest BCUT2D eigenvalue weighted by Crippen LogP contribution is 2.57. The molecule has 0 atom stereocenters. The number of rotatable bonds is 8. The topological polar surface area (TPSA) is 9.72 Å². The number of benzene rings is 8. The number of fused-ring (bicyclic) bond motifs is 4. The molecule has 2 aliphatic rings. The maximum atomic E-state index is 2.59. The standard InChI is InChI=1S/C57H51N3/c1-56(2,3)58-38-37-47-48(28-18-30-52(47)58)55-53(36-35-51-54(55)49-27-15-16-29-50(49)57(51,4)5)60(46-26-17-21-41(39-46)40-19-9-6-10-20-40)45-33-31-44(32-34-45)59(42-22-11-7-12-23-42)43-24-13-8-14-25-43/h6-36,39H,37-38H2,1-5H3. The van der Waals surface area contributed by atoms with Crippen LogP contribution in [0.25, 0.3) is 33.4 Å². The Morgan fingerprint density at radius 2 is 0.983 bits per heavy atom. The molecule has 0 amide bonds. The molecule has 0 saturated carbocycles. The molecule has 1 aliphatic carbocycles. The summed E-state index contributed by atoms with van der Waals surface area (Å²) in [5.41, 5.74) is 19.8. The second-order valence-corrected chi connectivity index (χ2v) is 17.7. The van der Waals surface area contributed by atoms with Crippen LogP contribution in [-0.4, -0.2) is 12.1 Å². The average molecular weight is 778 g/mol. The van der Waals surface area contributed by atoms with Crippen molar-refractivity contribution >= 4 is 39.8 Å². The summed E-state index contributed by atoms with van der Waals surface area (Å²) < 4.78 is 0. The van der Waals surface area contributed by atoms with Crippen LogP contribution >= 0.6 is 0 Å². The van der Waals surface area contributed by atoms with Crippen LogP contribution in [0.3, 0.4) is 0 Å². The Hall–Kier alpha value is -6.84. The van der Waals surface area contributed by atoms with Crippen molar-refractivity contribution < 1.29 is 0 Å². The van der Waals surface area contributed by atoms with Crippen LogP contribution in [0.5, 0.6) is 0 Å². The highest BCUT2D eigenvalue weighted by molar-refractivity contribution is 6.03. The normalized spacial score (nSPS) is 13.7. The third kappa shape index (κ3) is 6.37. The Morgan fingerprint density at radius 3 is 1.65 bits per heavy atom. The first kappa shape index (κ1) is 37.4. The number of nitrogens with zero attached hydrogens (tertiary/aromatic N) is 3. The number of hydrogen-bond donors (Lipinski definition) is 0. The van der Waals surface area contributed by atoms with Crippen molar-refractivity contribution in [1.29, 1.82) is 0 Å². The van der Waals surface area contributed by atoms with Gasteiger partial charge in [0.1, 0.15) is 0 Å². The molecule has 1 heterocycles. The van der Waals surface area contributed by atoms with E-state index in [4.69, 9.17) is 0 Å². The van der Waals surface area contributed by atoms with Crippen molar-refractivity contribution in [3.05, 3.63) is 211 Å². The van der Waals surface area contributed by atoms with E-state index in [-0.39, 0.29) is 11.0 Å². The van der Waals surface area contributed by atoms with E-state index in [0.29, 0.717) is 0 Å². The summed E-state index contributed by atoms with van der Waals surface area (Å²) in [6, 6.07) is 71.2. The summed E-state index contributed by atoms with van der Waals surface area (Å²) >= 11 is 0. The summed E-state index contributed by atoms with van der Waals surface area (Å²) in [4.78, 5) is 7.43. The van der Waals surface area contributed by atoms with E-state index >= 15 is 0 Å². The third-order valence-corrected chi connectivity index (χ3v) is 12.7. The Morgan fingerprint density at radius 1 is 0.450 bits per heavy atom. The fraction of sp³-hybridized carbons (Fsp3) is 0.158. The van der Waals surface area contributed by atoms with Gasteiger partial charge in [-0.3, -0.25) is 0 Å². The van der Waals surface area contributed by atoms with Gasteiger partial charge in [-0.2, -0.15) is 0 Å². The van der Waals surface area contributed by atoms with Crippen LogP contribution in [-0.2, 0) is 11.8 Å². The molecule has 60 heavy (non-hydrogen) atoms. The molecule has 3 heteroatoms. The summed E-state index contributed by atoms with van der Waals surface area (Å²) in [6.45, 7) is 12.8. The van der Waals surface area contributed by atoms with Crippen LogP contribution in [0.1, 0.15) is 51.3 Å². The van der Waals surface area contributed by atoms with Gasteiger partial charge in [-0.05, 0) is 144 Å². The zero-order valence-electron chi connectivity index (χ0n) is 35.2. The average Bonchev–Trinajstić information content (AvgIpc) is 3.83. The van der Waals surface area contributed by atoms with Gasteiger partial charge in [-0.1, -0.05) is 135 Å². The molecule has 10 rings (SSSR count). The molecule has 0 bridgehead atoms. The van der Waals surface area contributed by atoms with Gasteiger partial charge in [0.15, 0.2) is 0 Å². The molecule has 0 unspecified atom stereocenters. The van der Waals surface area contributed by atoms with Crippen LogP contribution in [0.15, 0.2) is 194 Å². The highest BCUT2D eigenvalue weighted by atomic mass is 15.2. The Kier molecular flexibility index (Phi) is 9.21. The fourth-order valence-corrected chi connectivity index (χ4v) is 9.84. The predicted molar refractivity (Wildman–Crippen MR) is 255 cm³/mol. The monoisotopic (exact) mass is 777 g/mol. The molecule has 0 spiro atoms. The van der Waals surface area contributed by atoms with Crippen LogP contribution in [0.4, 0.5) is 39.8 Å². The van der Waals surface area contributed by atoms with Gasteiger partial charge in [-0.25, -0.2) is 0 Å². The minimum atomic E-state index is -0.146. The van der Waals surface area contributed by atoms with E-state index in [1.807, 2.05) is 0 Å². The van der Waals surface area contributed by atoms with Crippen LogP contribution in [0, 0.1) is 0 Å². The van der Waals surface area contributed by atoms with Gasteiger partial charge in [-0.15, -0.1) is 0 Å². The van der Waals surface area contributed by atoms with Gasteiger partial charge in [0, 0.05) is 57.2 Å². The van der Waals surface area contributed by atoms with E-state index in [9.17, 15) is 0 Å². The number of para-hydroxylation sites is 2. The Balaban J connectivity index is 1.23. The Bertz CT molecular complexity index is 2780. The second-order valence-electron chi connectivity index (χ2n) is 17.7. The molecular weight excluding hydrogens is 727 g/mol. The SMILES string of the molecule is CC1(C)c2ccccc2-c2c1ccc(N(c1ccc(N(c3ccccc3)c3ccccc3)cc1)c1cccc(-c3ccccc3)c1)c2-c1cccc2c1CCN2C(C)(C)C. The van der Waals surface area contributed by atoms with Gasteiger partial charge in [0.2, 0.25) is 0 Å². The van der Waals surface area contributed by atoms with Crippen LogP contribution < -0.4 is 14.7 Å². The van der Waals surface area contributed by atoms with E-state index in [0.717, 1.165) is 41.4 Å². The highest BCUT2D eigenvalue weighted by Gasteiger charge is 2.40. The van der Waals surface area contributed by atoms with E-state index < -0.39 is 0 Å². The lowest BCUT2D eigenvalue weighted by atomic mass is 9.81. The lowest BCUT2D eigenvalue weighted by Crippen LogP contribution is -2.40. The summed E-state index contributed by atoms with van der Waals surface area (Å²) in [5.74, 6) is 0. The number of anilines is 7. The molecule has 0 fully saturated rings. The molecule has 3 nitrogen and oxygen atoms in total. The molecule has 8 aromatic rings. The summed E-state index contributed by atoms with van der Waals surface area (Å²) in [6.07, 6.45) is 1.00. The third-order valence-electron chi connectivity index (χ3n) is 12.7. The zero-order chi connectivity index (χ0) is 41.0. The largest absolute Gasteiger partial charge is 0.366 e. The Labute approximate surface area is 355 Å². The maximum Gasteiger partial charge on any atom is 0.0546 e. The lowest BCUT2D eigenvalue weighted by Gasteiger charge is -2.35. The lowest BCUT2D eigenvalue weighted by molar-refractivity contribution is 0.518. The first-order valence-electron chi connectivity index (χ1n) is 21.3. The summed E-state index contributed by atoms with van der Waals surface area (Å²) in [7, 11) is 0. The van der Waals surface area contributed by atoms with E-state index in [2.05, 4.69) is 243 Å². The molecule has 0 radical (unpaired) electrons. The minimum absolute atomic E-state index is 0.0129. The van der Waals surface area contributed by atoms with E-state index in [1.54, 1.807) is 0 Å². The van der Waals surface area contributed by atoms with Gasteiger partial charge in [0.25, 0.3) is 0 Å². The van der Waals surface area contributed by atoms with Crippen molar-refractivity contribution in [2.45, 2.75) is 52.0 Å². The first-order valence-corrected chi connectivity index (χ1v) is 21.3. The zero-order valence-corrected chi connectivity index (χ0v) is 35.2. The van der Waals surface area contributed by atoms with Crippen molar-refractivity contribution in [2.24, 2.45) is 0 Å². The second kappa shape index (κ2) is 14.8. The van der Waals surface area contributed by atoms with Crippen molar-refractivity contribution in [3.63, 3.8) is 0 Å².